The molecule has 0 aliphatic carbocycles. The van der Waals surface area contributed by atoms with Crippen molar-refractivity contribution in [3.05, 3.63) is 52.2 Å². The van der Waals surface area contributed by atoms with Crippen LogP contribution < -0.4 is 0 Å². The Kier molecular flexibility index (Phi) is 3.86. The SMILES string of the molecule is Cc1ccc(-c2nc(-c3ccccc3)c(CC(=O)O)s2)s1. The summed E-state index contributed by atoms with van der Waals surface area (Å²) in [5.74, 6) is -0.829. The molecule has 0 aliphatic rings. The van der Waals surface area contributed by atoms with Gasteiger partial charge in [-0.25, -0.2) is 4.98 Å². The van der Waals surface area contributed by atoms with Crippen molar-refractivity contribution in [1.82, 2.24) is 4.98 Å². The van der Waals surface area contributed by atoms with Crippen molar-refractivity contribution in [2.24, 2.45) is 0 Å². The molecule has 1 N–H and O–H groups in total. The first kappa shape index (κ1) is 14.0. The molecule has 0 unspecified atom stereocenters. The Morgan fingerprint density at radius 2 is 1.90 bits per heavy atom. The zero-order valence-corrected chi connectivity index (χ0v) is 13.0. The van der Waals surface area contributed by atoms with Gasteiger partial charge in [-0.2, -0.15) is 0 Å². The van der Waals surface area contributed by atoms with Crippen molar-refractivity contribution in [2.45, 2.75) is 13.3 Å². The van der Waals surface area contributed by atoms with Gasteiger partial charge in [0.2, 0.25) is 0 Å². The predicted octanol–water partition coefficient (Wildman–Crippen LogP) is 4.47. The van der Waals surface area contributed by atoms with Crippen LogP contribution >= 0.6 is 22.7 Å². The van der Waals surface area contributed by atoms with Crippen LogP contribution in [-0.4, -0.2) is 16.1 Å². The highest BCUT2D eigenvalue weighted by Gasteiger charge is 2.17. The molecule has 0 saturated heterocycles. The molecule has 3 aromatic rings. The van der Waals surface area contributed by atoms with Gasteiger partial charge < -0.3 is 5.11 Å². The second kappa shape index (κ2) is 5.79. The highest BCUT2D eigenvalue weighted by molar-refractivity contribution is 7.22. The molecule has 3 nitrogen and oxygen atoms in total. The van der Waals surface area contributed by atoms with Crippen molar-refractivity contribution in [1.29, 1.82) is 0 Å². The Morgan fingerprint density at radius 3 is 2.52 bits per heavy atom. The maximum atomic E-state index is 11.1. The van der Waals surface area contributed by atoms with Crippen LogP contribution in [0.25, 0.3) is 21.1 Å². The van der Waals surface area contributed by atoms with Crippen LogP contribution in [0.1, 0.15) is 9.75 Å². The highest BCUT2D eigenvalue weighted by Crippen LogP contribution is 2.37. The summed E-state index contributed by atoms with van der Waals surface area (Å²) < 4.78 is 0. The molecule has 0 radical (unpaired) electrons. The summed E-state index contributed by atoms with van der Waals surface area (Å²) in [6.07, 6.45) is 0.00620. The van der Waals surface area contributed by atoms with E-state index < -0.39 is 5.97 Å². The Bertz CT molecular complexity index is 775. The Labute approximate surface area is 130 Å². The van der Waals surface area contributed by atoms with E-state index in [9.17, 15) is 4.79 Å². The molecular weight excluding hydrogens is 302 g/mol. The molecule has 106 valence electrons. The Hall–Kier alpha value is -1.98. The van der Waals surface area contributed by atoms with E-state index in [1.807, 2.05) is 36.4 Å². The van der Waals surface area contributed by atoms with E-state index in [1.54, 1.807) is 11.3 Å². The van der Waals surface area contributed by atoms with Gasteiger partial charge in [0.15, 0.2) is 0 Å². The number of hydrogen-bond acceptors (Lipinski definition) is 4. The monoisotopic (exact) mass is 315 g/mol. The van der Waals surface area contributed by atoms with Crippen molar-refractivity contribution in [3.8, 4) is 21.1 Å². The number of nitrogens with zero attached hydrogens (tertiary/aromatic N) is 1. The van der Waals surface area contributed by atoms with Gasteiger partial charge in [0.1, 0.15) is 5.01 Å². The molecule has 3 rings (SSSR count). The molecule has 0 aliphatic heterocycles. The van der Waals surface area contributed by atoms with Crippen LogP contribution in [0.15, 0.2) is 42.5 Å². The minimum atomic E-state index is -0.829. The van der Waals surface area contributed by atoms with Crippen molar-refractivity contribution in [2.75, 3.05) is 0 Å². The van der Waals surface area contributed by atoms with Crippen molar-refractivity contribution >= 4 is 28.6 Å². The molecule has 21 heavy (non-hydrogen) atoms. The molecule has 0 fully saturated rings. The first-order valence-corrected chi connectivity index (χ1v) is 8.10. The van der Waals surface area contributed by atoms with E-state index in [-0.39, 0.29) is 6.42 Å². The molecule has 0 amide bonds. The second-order valence-electron chi connectivity index (χ2n) is 4.64. The number of carboxylic acids is 1. The summed E-state index contributed by atoms with van der Waals surface area (Å²) in [7, 11) is 0. The molecule has 0 atom stereocenters. The summed E-state index contributed by atoms with van der Waals surface area (Å²) in [6.45, 7) is 2.05. The standard InChI is InChI=1S/C16H13NO2S2/c1-10-7-8-12(20-10)16-17-15(11-5-3-2-4-6-11)13(21-16)9-14(18)19/h2-8H,9H2,1H3,(H,18,19). The topological polar surface area (TPSA) is 50.2 Å². The third-order valence-electron chi connectivity index (χ3n) is 3.01. The van der Waals surface area contributed by atoms with E-state index in [2.05, 4.69) is 18.0 Å². The summed E-state index contributed by atoms with van der Waals surface area (Å²) in [5.41, 5.74) is 1.74. The number of carboxylic acid groups (broad SMARTS) is 1. The number of aromatic nitrogens is 1. The van der Waals surface area contributed by atoms with Gasteiger partial charge in [-0.3, -0.25) is 4.79 Å². The number of aliphatic carboxylic acids is 1. The average molecular weight is 315 g/mol. The van der Waals surface area contributed by atoms with Gasteiger partial charge in [0, 0.05) is 15.3 Å². The molecule has 0 spiro atoms. The van der Waals surface area contributed by atoms with Gasteiger partial charge in [0.25, 0.3) is 0 Å². The van der Waals surface area contributed by atoms with E-state index in [0.29, 0.717) is 0 Å². The van der Waals surface area contributed by atoms with Crippen molar-refractivity contribution in [3.63, 3.8) is 0 Å². The highest BCUT2D eigenvalue weighted by atomic mass is 32.1. The van der Waals surface area contributed by atoms with E-state index in [1.165, 1.54) is 16.2 Å². The fourth-order valence-corrected chi connectivity index (χ4v) is 4.08. The lowest BCUT2D eigenvalue weighted by atomic mass is 10.1. The normalized spacial score (nSPS) is 10.7. The number of thiazole rings is 1. The molecular formula is C16H13NO2S2. The number of carbonyl (C=O) groups is 1. The molecule has 2 aromatic heterocycles. The third kappa shape index (κ3) is 3.04. The quantitative estimate of drug-likeness (QED) is 0.772. The van der Waals surface area contributed by atoms with Crippen LogP contribution in [0, 0.1) is 6.92 Å². The largest absolute Gasteiger partial charge is 0.481 e. The van der Waals surface area contributed by atoms with Crippen LogP contribution in [-0.2, 0) is 11.2 Å². The van der Waals surface area contributed by atoms with Crippen LogP contribution in [0.2, 0.25) is 0 Å². The number of benzene rings is 1. The smallest absolute Gasteiger partial charge is 0.308 e. The van der Waals surface area contributed by atoms with Gasteiger partial charge in [-0.05, 0) is 19.1 Å². The molecule has 1 aromatic carbocycles. The molecule has 0 saturated carbocycles. The average Bonchev–Trinajstić information content (AvgIpc) is 3.06. The summed E-state index contributed by atoms with van der Waals surface area (Å²) >= 11 is 3.15. The maximum Gasteiger partial charge on any atom is 0.308 e. The first-order chi connectivity index (χ1) is 10.1. The number of thiophene rings is 1. The lowest BCUT2D eigenvalue weighted by Gasteiger charge is -1.99. The fourth-order valence-electron chi connectivity index (χ4n) is 2.09. The lowest BCUT2D eigenvalue weighted by Crippen LogP contribution is -1.99. The first-order valence-electron chi connectivity index (χ1n) is 6.47. The van der Waals surface area contributed by atoms with E-state index in [0.717, 1.165) is 26.0 Å². The third-order valence-corrected chi connectivity index (χ3v) is 5.23. The second-order valence-corrected chi connectivity index (χ2v) is 7.01. The van der Waals surface area contributed by atoms with Gasteiger partial charge in [-0.15, -0.1) is 22.7 Å². The number of aryl methyl sites for hydroxylation is 1. The zero-order chi connectivity index (χ0) is 14.8. The Balaban J connectivity index is 2.09. The van der Waals surface area contributed by atoms with Crippen LogP contribution in [0.5, 0.6) is 0 Å². The predicted molar refractivity (Wildman–Crippen MR) is 86.9 cm³/mol. The summed E-state index contributed by atoms with van der Waals surface area (Å²) in [6, 6.07) is 13.8. The minimum absolute atomic E-state index is 0.00620. The number of rotatable bonds is 4. The van der Waals surface area contributed by atoms with Crippen LogP contribution in [0.3, 0.4) is 0 Å². The van der Waals surface area contributed by atoms with Gasteiger partial charge in [0.05, 0.1) is 17.0 Å². The Morgan fingerprint density at radius 1 is 1.14 bits per heavy atom. The van der Waals surface area contributed by atoms with Gasteiger partial charge >= 0.3 is 5.97 Å². The zero-order valence-electron chi connectivity index (χ0n) is 11.4. The van der Waals surface area contributed by atoms with Crippen molar-refractivity contribution < 1.29 is 9.90 Å². The lowest BCUT2D eigenvalue weighted by molar-refractivity contribution is -0.136. The molecule has 0 bridgehead atoms. The molecule has 5 heteroatoms. The van der Waals surface area contributed by atoms with Crippen LogP contribution in [0.4, 0.5) is 0 Å². The number of hydrogen-bond donors (Lipinski definition) is 1. The minimum Gasteiger partial charge on any atom is -0.481 e. The fraction of sp³-hybridized carbons (Fsp3) is 0.125. The molecule has 2 heterocycles. The maximum absolute atomic E-state index is 11.1. The van der Waals surface area contributed by atoms with E-state index >= 15 is 0 Å². The summed E-state index contributed by atoms with van der Waals surface area (Å²) in [5, 5.41) is 10.00. The summed E-state index contributed by atoms with van der Waals surface area (Å²) in [4.78, 5) is 18.9. The van der Waals surface area contributed by atoms with Gasteiger partial charge in [-0.1, -0.05) is 30.3 Å². The van der Waals surface area contributed by atoms with E-state index in [4.69, 9.17) is 5.11 Å².